The highest BCUT2D eigenvalue weighted by atomic mass is 16.7. The number of guanidine groups is 1. The van der Waals surface area contributed by atoms with Crippen molar-refractivity contribution in [1.29, 1.82) is 0 Å². The molecule has 0 saturated heterocycles. The molecule has 0 atom stereocenters. The van der Waals surface area contributed by atoms with Crippen LogP contribution in [0.4, 0.5) is 5.69 Å². The molecule has 31 heavy (non-hydrogen) atoms. The van der Waals surface area contributed by atoms with Gasteiger partial charge in [-0.1, -0.05) is 32.0 Å². The predicted octanol–water partition coefficient (Wildman–Crippen LogP) is 4.33. The van der Waals surface area contributed by atoms with Crippen molar-refractivity contribution in [1.82, 2.24) is 10.3 Å². The Morgan fingerprint density at radius 1 is 1.06 bits per heavy atom. The second-order valence-electron chi connectivity index (χ2n) is 7.41. The molecule has 3 aromatic rings. The predicted molar refractivity (Wildman–Crippen MR) is 120 cm³/mol. The lowest BCUT2D eigenvalue weighted by atomic mass is 10.0. The topological polar surface area (TPSA) is 84.8 Å². The van der Waals surface area contributed by atoms with Gasteiger partial charge in [0.15, 0.2) is 11.5 Å². The summed E-state index contributed by atoms with van der Waals surface area (Å²) in [6, 6.07) is 18.8. The molecule has 0 unspecified atom stereocenters. The van der Waals surface area contributed by atoms with Crippen molar-refractivity contribution in [3.8, 4) is 11.5 Å². The molecule has 0 spiro atoms. The number of carbonyl (C=O) groups is 1. The quantitative estimate of drug-likeness (QED) is 0.478. The maximum Gasteiger partial charge on any atom is 0.258 e. The maximum atomic E-state index is 12.9. The number of aromatic nitrogens is 1. The van der Waals surface area contributed by atoms with E-state index in [2.05, 4.69) is 46.6 Å². The number of anilines is 1. The monoisotopic (exact) mass is 416 g/mol. The summed E-state index contributed by atoms with van der Waals surface area (Å²) in [4.78, 5) is 21.7. The lowest BCUT2D eigenvalue weighted by Gasteiger charge is -2.13. The lowest BCUT2D eigenvalue weighted by Crippen LogP contribution is -2.36. The number of hydrogen-bond donors (Lipinski definition) is 2. The van der Waals surface area contributed by atoms with E-state index in [-0.39, 0.29) is 12.7 Å². The second kappa shape index (κ2) is 9.30. The standard InChI is InChI=1S/C24H24N4O3/c1-16(2)17-6-9-19(10-7-17)27-24(26-14-20-5-3-4-12-25-20)28-23(29)18-8-11-21-22(13-18)31-15-30-21/h3-13,16H,14-15H2,1-2H3,(H2,26,27,28,29). The molecule has 2 N–H and O–H groups in total. The van der Waals surface area contributed by atoms with E-state index >= 15 is 0 Å². The molecular weight excluding hydrogens is 392 g/mol. The number of nitrogens with zero attached hydrogens (tertiary/aromatic N) is 2. The Labute approximate surface area is 181 Å². The smallest absolute Gasteiger partial charge is 0.258 e. The third kappa shape index (κ3) is 5.19. The average molecular weight is 416 g/mol. The Morgan fingerprint density at radius 3 is 2.61 bits per heavy atom. The summed E-state index contributed by atoms with van der Waals surface area (Å²) in [6.07, 6.45) is 1.72. The minimum absolute atomic E-state index is 0.158. The molecule has 158 valence electrons. The molecule has 7 heteroatoms. The zero-order chi connectivity index (χ0) is 21.6. The van der Waals surface area contributed by atoms with Gasteiger partial charge in [-0.15, -0.1) is 0 Å². The fourth-order valence-corrected chi connectivity index (χ4v) is 3.07. The molecule has 1 aromatic heterocycles. The Balaban J connectivity index is 1.53. The summed E-state index contributed by atoms with van der Waals surface area (Å²) in [5.41, 5.74) is 3.32. The first-order valence-corrected chi connectivity index (χ1v) is 10.1. The molecule has 1 amide bonds. The van der Waals surface area contributed by atoms with Crippen molar-refractivity contribution in [3.63, 3.8) is 0 Å². The first kappa shape index (κ1) is 20.4. The number of ether oxygens (including phenoxy) is 2. The fourth-order valence-electron chi connectivity index (χ4n) is 3.07. The number of nitrogens with one attached hydrogen (secondary N) is 2. The van der Waals surface area contributed by atoms with Gasteiger partial charge in [0.05, 0.1) is 12.2 Å². The van der Waals surface area contributed by atoms with Gasteiger partial charge in [0.1, 0.15) is 0 Å². The SMILES string of the molecule is CC(C)c1ccc(NC(=NCc2ccccn2)NC(=O)c2ccc3c(c2)OCO3)cc1. The van der Waals surface area contributed by atoms with Gasteiger partial charge >= 0.3 is 0 Å². The second-order valence-corrected chi connectivity index (χ2v) is 7.41. The summed E-state index contributed by atoms with van der Waals surface area (Å²) in [6.45, 7) is 4.78. The van der Waals surface area contributed by atoms with Crippen molar-refractivity contribution >= 4 is 17.6 Å². The number of pyridine rings is 1. The summed E-state index contributed by atoms with van der Waals surface area (Å²) in [5.74, 6) is 1.66. The van der Waals surface area contributed by atoms with Crippen LogP contribution in [0.1, 0.15) is 41.4 Å². The van der Waals surface area contributed by atoms with E-state index in [1.165, 1.54) is 5.56 Å². The van der Waals surface area contributed by atoms with Crippen LogP contribution in [0.3, 0.4) is 0 Å². The van der Waals surface area contributed by atoms with Crippen LogP contribution in [0.5, 0.6) is 11.5 Å². The molecule has 2 aromatic carbocycles. The van der Waals surface area contributed by atoms with Gasteiger partial charge in [0.25, 0.3) is 5.91 Å². The summed E-state index contributed by atoms with van der Waals surface area (Å²) in [5, 5.41) is 6.06. The minimum atomic E-state index is -0.302. The third-order valence-corrected chi connectivity index (χ3v) is 4.83. The Bertz CT molecular complexity index is 1080. The molecule has 2 heterocycles. The van der Waals surface area contributed by atoms with Gasteiger partial charge < -0.3 is 14.8 Å². The van der Waals surface area contributed by atoms with Gasteiger partial charge in [0.2, 0.25) is 12.8 Å². The number of aliphatic imine (C=N–C) groups is 1. The van der Waals surface area contributed by atoms with E-state index in [1.807, 2.05) is 30.3 Å². The molecule has 4 rings (SSSR count). The van der Waals surface area contributed by atoms with Crippen molar-refractivity contribution < 1.29 is 14.3 Å². The van der Waals surface area contributed by atoms with E-state index < -0.39 is 0 Å². The van der Waals surface area contributed by atoms with E-state index in [1.54, 1.807) is 24.4 Å². The van der Waals surface area contributed by atoms with E-state index in [0.717, 1.165) is 11.4 Å². The zero-order valence-corrected chi connectivity index (χ0v) is 17.5. The molecule has 0 radical (unpaired) electrons. The van der Waals surface area contributed by atoms with Crippen molar-refractivity contribution in [2.75, 3.05) is 12.1 Å². The average Bonchev–Trinajstić information content (AvgIpc) is 3.26. The van der Waals surface area contributed by atoms with Crippen LogP contribution >= 0.6 is 0 Å². The highest BCUT2D eigenvalue weighted by molar-refractivity contribution is 6.10. The van der Waals surface area contributed by atoms with Crippen LogP contribution in [-0.4, -0.2) is 23.6 Å². The molecular formula is C24H24N4O3. The van der Waals surface area contributed by atoms with E-state index in [4.69, 9.17) is 9.47 Å². The molecule has 0 bridgehead atoms. The molecule has 0 aliphatic carbocycles. The Hall–Kier alpha value is -3.87. The van der Waals surface area contributed by atoms with Gasteiger partial charge in [0, 0.05) is 17.4 Å². The highest BCUT2D eigenvalue weighted by Gasteiger charge is 2.17. The van der Waals surface area contributed by atoms with E-state index in [0.29, 0.717) is 35.5 Å². The lowest BCUT2D eigenvalue weighted by molar-refractivity contribution is 0.0976. The number of rotatable bonds is 5. The fraction of sp³-hybridized carbons (Fsp3) is 0.208. The zero-order valence-electron chi connectivity index (χ0n) is 17.5. The van der Waals surface area contributed by atoms with Crippen LogP contribution in [0.2, 0.25) is 0 Å². The van der Waals surface area contributed by atoms with E-state index in [9.17, 15) is 4.79 Å². The van der Waals surface area contributed by atoms with Crippen LogP contribution in [0, 0.1) is 0 Å². The number of amides is 1. The highest BCUT2D eigenvalue weighted by Crippen LogP contribution is 2.32. The summed E-state index contributed by atoms with van der Waals surface area (Å²) < 4.78 is 10.7. The molecule has 0 saturated carbocycles. The van der Waals surface area contributed by atoms with Crippen molar-refractivity contribution in [2.45, 2.75) is 26.3 Å². The largest absolute Gasteiger partial charge is 0.454 e. The van der Waals surface area contributed by atoms with Gasteiger partial charge in [-0.05, 0) is 53.9 Å². The van der Waals surface area contributed by atoms with Gasteiger partial charge in [-0.25, -0.2) is 4.99 Å². The van der Waals surface area contributed by atoms with Crippen LogP contribution < -0.4 is 20.1 Å². The number of benzene rings is 2. The third-order valence-electron chi connectivity index (χ3n) is 4.83. The first-order valence-electron chi connectivity index (χ1n) is 10.1. The van der Waals surface area contributed by atoms with Gasteiger partial charge in [-0.2, -0.15) is 0 Å². The molecule has 1 aliphatic heterocycles. The maximum absolute atomic E-state index is 12.9. The summed E-state index contributed by atoms with van der Waals surface area (Å²) >= 11 is 0. The van der Waals surface area contributed by atoms with Crippen LogP contribution in [0.15, 0.2) is 71.9 Å². The van der Waals surface area contributed by atoms with Crippen LogP contribution in [0.25, 0.3) is 0 Å². The first-order chi connectivity index (χ1) is 15.1. The van der Waals surface area contributed by atoms with Gasteiger partial charge in [-0.3, -0.25) is 15.1 Å². The Kier molecular flexibility index (Phi) is 6.12. The molecule has 7 nitrogen and oxygen atoms in total. The Morgan fingerprint density at radius 2 is 1.87 bits per heavy atom. The molecule has 0 fully saturated rings. The van der Waals surface area contributed by atoms with Crippen molar-refractivity contribution in [2.24, 2.45) is 4.99 Å². The van der Waals surface area contributed by atoms with Crippen molar-refractivity contribution in [3.05, 3.63) is 83.7 Å². The number of fused-ring (bicyclic) bond motifs is 1. The summed E-state index contributed by atoms with van der Waals surface area (Å²) in [7, 11) is 0. The minimum Gasteiger partial charge on any atom is -0.454 e. The number of hydrogen-bond acceptors (Lipinski definition) is 5. The van der Waals surface area contributed by atoms with Crippen LogP contribution in [-0.2, 0) is 6.54 Å². The normalized spacial score (nSPS) is 12.7. The molecule has 1 aliphatic rings. The number of carbonyl (C=O) groups excluding carboxylic acids is 1.